The predicted molar refractivity (Wildman–Crippen MR) is 108 cm³/mol. The van der Waals surface area contributed by atoms with Crippen LogP contribution in [-0.4, -0.2) is 28.9 Å². The molecule has 6 nitrogen and oxygen atoms in total. The van der Waals surface area contributed by atoms with Crippen molar-refractivity contribution in [3.63, 3.8) is 0 Å². The van der Waals surface area contributed by atoms with Gasteiger partial charge in [-0.15, -0.1) is 16.8 Å². The smallest absolute Gasteiger partial charge is 0.240 e. The van der Waals surface area contributed by atoms with E-state index < -0.39 is 10.0 Å². The van der Waals surface area contributed by atoms with E-state index in [1.807, 2.05) is 4.57 Å². The molecule has 1 heterocycles. The second-order valence-electron chi connectivity index (χ2n) is 6.54. The minimum absolute atomic E-state index is 0.0653. The summed E-state index contributed by atoms with van der Waals surface area (Å²) in [6.45, 7) is 4.39. The molecule has 0 spiro atoms. The summed E-state index contributed by atoms with van der Waals surface area (Å²) in [5.74, 6) is 2.32. The monoisotopic (exact) mass is 426 g/mol. The van der Waals surface area contributed by atoms with Gasteiger partial charge in [-0.2, -0.15) is 0 Å². The summed E-state index contributed by atoms with van der Waals surface area (Å²) in [6, 6.07) is 6.05. The molecule has 1 fully saturated rings. The zero-order chi connectivity index (χ0) is 19.3. The Kier molecular flexibility index (Phi) is 6.97. The first-order valence-electron chi connectivity index (χ1n) is 8.90. The van der Waals surface area contributed by atoms with Crippen molar-refractivity contribution in [2.24, 2.45) is 5.92 Å². The van der Waals surface area contributed by atoms with Crippen molar-refractivity contribution < 1.29 is 8.42 Å². The Hall–Kier alpha value is -1.35. The topological polar surface area (TPSA) is 76.9 Å². The Balaban J connectivity index is 1.68. The van der Waals surface area contributed by atoms with Gasteiger partial charge in [-0.1, -0.05) is 42.3 Å². The van der Waals surface area contributed by atoms with Crippen molar-refractivity contribution in [1.82, 2.24) is 19.5 Å². The van der Waals surface area contributed by atoms with Gasteiger partial charge in [0.15, 0.2) is 5.16 Å². The van der Waals surface area contributed by atoms with Gasteiger partial charge in [0.05, 0.1) is 11.4 Å². The lowest BCUT2D eigenvalue weighted by Gasteiger charge is -2.11. The van der Waals surface area contributed by atoms with Gasteiger partial charge in [0.2, 0.25) is 10.0 Å². The molecule has 3 rings (SSSR count). The second-order valence-corrected chi connectivity index (χ2v) is 9.73. The molecule has 0 saturated heterocycles. The number of halogens is 1. The average molecular weight is 427 g/mol. The predicted octanol–water partition coefficient (Wildman–Crippen LogP) is 3.88. The Bertz CT molecular complexity index is 875. The molecule has 0 atom stereocenters. The van der Waals surface area contributed by atoms with Crippen molar-refractivity contribution in [3.05, 3.63) is 47.8 Å². The van der Waals surface area contributed by atoms with Crippen LogP contribution in [0.15, 0.2) is 47.0 Å². The summed E-state index contributed by atoms with van der Waals surface area (Å²) < 4.78 is 29.4. The van der Waals surface area contributed by atoms with Crippen LogP contribution in [0.1, 0.15) is 31.5 Å². The van der Waals surface area contributed by atoms with Crippen LogP contribution in [0.3, 0.4) is 0 Å². The first-order valence-corrected chi connectivity index (χ1v) is 11.8. The van der Waals surface area contributed by atoms with Crippen LogP contribution in [0.4, 0.5) is 0 Å². The number of thioether (sulfide) groups is 1. The van der Waals surface area contributed by atoms with Crippen LogP contribution >= 0.6 is 23.4 Å². The molecule has 1 aromatic heterocycles. The third-order valence-corrected chi connectivity index (χ3v) is 7.44. The van der Waals surface area contributed by atoms with E-state index in [1.165, 1.54) is 37.8 Å². The van der Waals surface area contributed by atoms with E-state index in [-0.39, 0.29) is 11.4 Å². The molecular weight excluding hydrogens is 404 g/mol. The van der Waals surface area contributed by atoms with Crippen molar-refractivity contribution in [1.29, 1.82) is 0 Å². The molecule has 1 aromatic carbocycles. The van der Waals surface area contributed by atoms with Gasteiger partial charge in [-0.05, 0) is 43.0 Å². The van der Waals surface area contributed by atoms with Crippen LogP contribution in [-0.2, 0) is 23.1 Å². The molecule has 0 unspecified atom stereocenters. The number of hydrogen-bond donors (Lipinski definition) is 1. The number of aromatic nitrogens is 3. The quantitative estimate of drug-likeness (QED) is 0.486. The van der Waals surface area contributed by atoms with E-state index in [9.17, 15) is 8.42 Å². The van der Waals surface area contributed by atoms with Gasteiger partial charge < -0.3 is 4.57 Å². The highest BCUT2D eigenvalue weighted by atomic mass is 35.5. The maximum atomic E-state index is 12.5. The highest BCUT2D eigenvalue weighted by Gasteiger charge is 2.20. The van der Waals surface area contributed by atoms with Crippen molar-refractivity contribution >= 4 is 33.4 Å². The maximum absolute atomic E-state index is 12.5. The van der Waals surface area contributed by atoms with Crippen LogP contribution in [0.5, 0.6) is 0 Å². The number of rotatable bonds is 9. The molecule has 0 radical (unpaired) electrons. The van der Waals surface area contributed by atoms with E-state index in [4.69, 9.17) is 11.6 Å². The number of nitrogens with zero attached hydrogens (tertiary/aromatic N) is 3. The van der Waals surface area contributed by atoms with Crippen LogP contribution in [0.2, 0.25) is 5.02 Å². The third-order valence-electron chi connectivity index (χ3n) is 4.57. The van der Waals surface area contributed by atoms with E-state index >= 15 is 0 Å². The highest BCUT2D eigenvalue weighted by molar-refractivity contribution is 7.99. The van der Waals surface area contributed by atoms with E-state index in [0.717, 1.165) is 16.8 Å². The molecule has 0 amide bonds. The number of nitrogens with one attached hydrogen (secondary N) is 1. The number of sulfonamides is 1. The molecule has 1 saturated carbocycles. The number of hydrogen-bond acceptors (Lipinski definition) is 5. The summed E-state index contributed by atoms with van der Waals surface area (Å²) >= 11 is 7.51. The fourth-order valence-corrected chi connectivity index (χ4v) is 5.35. The minimum Gasteiger partial charge on any atom is -0.301 e. The van der Waals surface area contributed by atoms with Crippen molar-refractivity contribution in [2.45, 2.75) is 48.8 Å². The highest BCUT2D eigenvalue weighted by Crippen LogP contribution is 2.30. The fraction of sp³-hybridized carbons (Fsp3) is 0.444. The van der Waals surface area contributed by atoms with Gasteiger partial charge >= 0.3 is 0 Å². The maximum Gasteiger partial charge on any atom is 0.240 e. The lowest BCUT2D eigenvalue weighted by molar-refractivity contribution is 0.574. The molecule has 1 N–H and O–H groups in total. The van der Waals surface area contributed by atoms with Gasteiger partial charge in [0.25, 0.3) is 0 Å². The van der Waals surface area contributed by atoms with Crippen LogP contribution < -0.4 is 4.72 Å². The van der Waals surface area contributed by atoms with E-state index in [2.05, 4.69) is 21.5 Å². The number of allylic oxidation sites excluding steroid dienone is 1. The first kappa shape index (κ1) is 20.4. The lowest BCUT2D eigenvalue weighted by Crippen LogP contribution is -2.25. The molecule has 0 bridgehead atoms. The number of benzene rings is 1. The zero-order valence-electron chi connectivity index (χ0n) is 15.0. The molecule has 1 aliphatic rings. The van der Waals surface area contributed by atoms with Crippen molar-refractivity contribution in [2.75, 3.05) is 5.75 Å². The summed E-state index contributed by atoms with van der Waals surface area (Å²) in [5, 5.41) is 9.74. The fourth-order valence-electron chi connectivity index (χ4n) is 3.10. The summed E-state index contributed by atoms with van der Waals surface area (Å²) in [4.78, 5) is 0.164. The molecule has 0 aliphatic heterocycles. The Labute approximate surface area is 169 Å². The van der Waals surface area contributed by atoms with Crippen molar-refractivity contribution in [3.8, 4) is 0 Å². The van der Waals surface area contributed by atoms with Crippen LogP contribution in [0.25, 0.3) is 0 Å². The lowest BCUT2D eigenvalue weighted by atomic mass is 10.1. The Morgan fingerprint density at radius 1 is 1.26 bits per heavy atom. The minimum atomic E-state index is -3.65. The third kappa shape index (κ3) is 5.34. The molecule has 9 heteroatoms. The Morgan fingerprint density at radius 3 is 2.63 bits per heavy atom. The molecular formula is C18H23ClN4O2S2. The summed E-state index contributed by atoms with van der Waals surface area (Å²) in [5.41, 5.74) is 0. The SMILES string of the molecule is C=CCn1c(CNS(=O)(=O)c2ccc(Cl)cc2)nnc1SCC1CCCC1. The van der Waals surface area contributed by atoms with Gasteiger partial charge in [-0.3, -0.25) is 0 Å². The van der Waals surface area contributed by atoms with E-state index in [1.54, 1.807) is 30.0 Å². The van der Waals surface area contributed by atoms with Gasteiger partial charge in [-0.25, -0.2) is 13.1 Å². The molecule has 27 heavy (non-hydrogen) atoms. The molecule has 1 aliphatic carbocycles. The van der Waals surface area contributed by atoms with Gasteiger partial charge in [0.1, 0.15) is 5.82 Å². The zero-order valence-corrected chi connectivity index (χ0v) is 17.4. The summed E-state index contributed by atoms with van der Waals surface area (Å²) in [6.07, 6.45) is 6.93. The van der Waals surface area contributed by atoms with Gasteiger partial charge in [0, 0.05) is 17.3 Å². The first-order chi connectivity index (χ1) is 13.0. The Morgan fingerprint density at radius 2 is 1.96 bits per heavy atom. The normalized spacial score (nSPS) is 15.3. The standard InChI is InChI=1S/C18H23ClN4O2S2/c1-2-11-23-17(21-22-18(23)26-13-14-5-3-4-6-14)12-20-27(24,25)16-9-7-15(19)8-10-16/h2,7-10,14,20H,1,3-6,11-13H2. The average Bonchev–Trinajstić information content (AvgIpc) is 3.29. The molecule has 2 aromatic rings. The largest absolute Gasteiger partial charge is 0.301 e. The van der Waals surface area contributed by atoms with Crippen LogP contribution in [0, 0.1) is 5.92 Å². The van der Waals surface area contributed by atoms with E-state index in [0.29, 0.717) is 17.4 Å². The molecule has 146 valence electrons. The second kappa shape index (κ2) is 9.23. The summed E-state index contributed by atoms with van der Waals surface area (Å²) in [7, 11) is -3.65.